The molecule has 1 aromatic rings. The fraction of sp³-hybridized carbons (Fsp3) is 0.400. The van der Waals surface area contributed by atoms with Gasteiger partial charge < -0.3 is 15.6 Å². The van der Waals surface area contributed by atoms with Crippen LogP contribution in [0.4, 0.5) is 5.69 Å². The zero-order valence-corrected chi connectivity index (χ0v) is 8.03. The fourth-order valence-corrected chi connectivity index (χ4v) is 1.53. The summed E-state index contributed by atoms with van der Waals surface area (Å²) in [4.78, 5) is 0. The minimum absolute atomic E-state index is 0.0805. The summed E-state index contributed by atoms with van der Waals surface area (Å²) >= 11 is 0. The van der Waals surface area contributed by atoms with Gasteiger partial charge in [-0.05, 0) is 30.0 Å². The van der Waals surface area contributed by atoms with Crippen molar-refractivity contribution < 1.29 is 10.2 Å². The number of anilines is 1. The first-order valence-corrected chi connectivity index (χ1v) is 4.62. The van der Waals surface area contributed by atoms with Crippen LogP contribution in [-0.2, 0) is 12.8 Å². The summed E-state index contributed by atoms with van der Waals surface area (Å²) < 4.78 is 0. The molecule has 0 heterocycles. The maximum Gasteiger partial charge on any atom is 0.0520 e. The Kier molecular flexibility index (Phi) is 4.39. The minimum Gasteiger partial charge on any atom is -0.396 e. The van der Waals surface area contributed by atoms with Crippen LogP contribution < -0.4 is 11.3 Å². The zero-order valence-electron chi connectivity index (χ0n) is 8.03. The first kappa shape index (κ1) is 11.0. The highest BCUT2D eigenvalue weighted by Gasteiger charge is 2.06. The number of aliphatic hydroxyl groups is 2. The number of hydrogen-bond acceptors (Lipinski definition) is 4. The molecule has 4 heteroatoms. The summed E-state index contributed by atoms with van der Waals surface area (Å²) in [7, 11) is 0. The average Bonchev–Trinajstić information content (AvgIpc) is 2.21. The van der Waals surface area contributed by atoms with Crippen molar-refractivity contribution in [2.75, 3.05) is 18.6 Å². The van der Waals surface area contributed by atoms with Crippen molar-refractivity contribution in [3.63, 3.8) is 0 Å². The van der Waals surface area contributed by atoms with Gasteiger partial charge in [-0.1, -0.05) is 12.1 Å². The van der Waals surface area contributed by atoms with E-state index < -0.39 is 0 Å². The topological polar surface area (TPSA) is 78.5 Å². The fourth-order valence-electron chi connectivity index (χ4n) is 1.53. The summed E-state index contributed by atoms with van der Waals surface area (Å²) in [5, 5.41) is 17.8. The molecule has 1 rings (SSSR count). The standard InChI is InChI=1S/C10H16N2O2/c11-12-10-3-1-2-8(4-6-13)9(10)5-7-14/h1-3,12-14H,4-7,11H2. The third-order valence-corrected chi connectivity index (χ3v) is 2.17. The molecule has 0 saturated carbocycles. The summed E-state index contributed by atoms with van der Waals surface area (Å²) in [6.45, 7) is 0.184. The van der Waals surface area contributed by atoms with Crippen molar-refractivity contribution in [3.05, 3.63) is 29.3 Å². The number of hydrazine groups is 1. The van der Waals surface area contributed by atoms with Gasteiger partial charge >= 0.3 is 0 Å². The maximum absolute atomic E-state index is 8.90. The van der Waals surface area contributed by atoms with E-state index in [-0.39, 0.29) is 13.2 Å². The minimum atomic E-state index is 0.0805. The first-order chi connectivity index (χ1) is 6.83. The first-order valence-electron chi connectivity index (χ1n) is 4.62. The van der Waals surface area contributed by atoms with E-state index in [4.69, 9.17) is 16.1 Å². The second kappa shape index (κ2) is 5.59. The van der Waals surface area contributed by atoms with Crippen molar-refractivity contribution in [3.8, 4) is 0 Å². The monoisotopic (exact) mass is 196 g/mol. The number of benzene rings is 1. The Morgan fingerprint density at radius 3 is 2.43 bits per heavy atom. The lowest BCUT2D eigenvalue weighted by Crippen LogP contribution is -2.12. The average molecular weight is 196 g/mol. The van der Waals surface area contributed by atoms with Gasteiger partial charge in [-0.15, -0.1) is 0 Å². The van der Waals surface area contributed by atoms with Gasteiger partial charge in [0.05, 0.1) is 5.69 Å². The van der Waals surface area contributed by atoms with Crippen molar-refractivity contribution in [1.82, 2.24) is 0 Å². The highest BCUT2D eigenvalue weighted by Crippen LogP contribution is 2.20. The van der Waals surface area contributed by atoms with Gasteiger partial charge in [-0.25, -0.2) is 0 Å². The maximum atomic E-state index is 8.90. The number of rotatable bonds is 5. The van der Waals surface area contributed by atoms with E-state index in [0.29, 0.717) is 12.8 Å². The molecule has 0 unspecified atom stereocenters. The molecule has 4 nitrogen and oxygen atoms in total. The van der Waals surface area contributed by atoms with Gasteiger partial charge in [0.15, 0.2) is 0 Å². The Balaban J connectivity index is 3.00. The molecule has 0 atom stereocenters. The highest BCUT2D eigenvalue weighted by molar-refractivity contribution is 5.54. The Hall–Kier alpha value is -1.10. The Labute approximate surface area is 83.3 Å². The third kappa shape index (κ3) is 2.45. The van der Waals surface area contributed by atoms with Crippen LogP contribution in [0, 0.1) is 0 Å². The van der Waals surface area contributed by atoms with Crippen molar-refractivity contribution in [2.45, 2.75) is 12.8 Å². The van der Waals surface area contributed by atoms with Gasteiger partial charge in [-0.2, -0.15) is 0 Å². The molecule has 0 radical (unpaired) electrons. The molecule has 0 amide bonds. The number of aliphatic hydroxyl groups excluding tert-OH is 2. The second-order valence-electron chi connectivity index (χ2n) is 3.03. The molecular weight excluding hydrogens is 180 g/mol. The Bertz CT molecular complexity index is 289. The lowest BCUT2D eigenvalue weighted by Gasteiger charge is -2.12. The van der Waals surface area contributed by atoms with Crippen LogP contribution >= 0.6 is 0 Å². The van der Waals surface area contributed by atoms with E-state index in [9.17, 15) is 0 Å². The molecular formula is C10H16N2O2. The molecule has 0 aliphatic heterocycles. The van der Waals surface area contributed by atoms with Crippen molar-refractivity contribution in [1.29, 1.82) is 0 Å². The van der Waals surface area contributed by atoms with E-state index in [1.165, 1.54) is 0 Å². The molecule has 0 aliphatic rings. The third-order valence-electron chi connectivity index (χ3n) is 2.17. The molecule has 0 aliphatic carbocycles. The van der Waals surface area contributed by atoms with E-state index in [1.54, 1.807) is 0 Å². The predicted octanol–water partition coefficient (Wildman–Crippen LogP) is 0.0418. The highest BCUT2D eigenvalue weighted by atomic mass is 16.3. The van der Waals surface area contributed by atoms with Gasteiger partial charge in [0, 0.05) is 13.2 Å². The summed E-state index contributed by atoms with van der Waals surface area (Å²) in [6.07, 6.45) is 1.14. The molecule has 0 saturated heterocycles. The SMILES string of the molecule is NNc1cccc(CCO)c1CCO. The van der Waals surface area contributed by atoms with Crippen LogP contribution in [0.2, 0.25) is 0 Å². The lowest BCUT2D eigenvalue weighted by atomic mass is 10.0. The van der Waals surface area contributed by atoms with Crippen molar-refractivity contribution >= 4 is 5.69 Å². The summed E-state index contributed by atoms with van der Waals surface area (Å²) in [6, 6.07) is 5.66. The molecule has 1 aromatic carbocycles. The van der Waals surface area contributed by atoms with Crippen LogP contribution in [0.1, 0.15) is 11.1 Å². The molecule has 0 fully saturated rings. The van der Waals surface area contributed by atoms with Crippen LogP contribution in [0.5, 0.6) is 0 Å². The number of nitrogens with one attached hydrogen (secondary N) is 1. The summed E-state index contributed by atoms with van der Waals surface area (Å²) in [5.74, 6) is 5.35. The van der Waals surface area contributed by atoms with Gasteiger partial charge in [0.1, 0.15) is 0 Å². The molecule has 5 N–H and O–H groups in total. The van der Waals surface area contributed by atoms with Crippen LogP contribution in [-0.4, -0.2) is 23.4 Å². The molecule has 0 spiro atoms. The molecule has 14 heavy (non-hydrogen) atoms. The smallest absolute Gasteiger partial charge is 0.0520 e. The predicted molar refractivity (Wildman–Crippen MR) is 55.8 cm³/mol. The molecule has 78 valence electrons. The van der Waals surface area contributed by atoms with Gasteiger partial charge in [0.2, 0.25) is 0 Å². The lowest BCUT2D eigenvalue weighted by molar-refractivity contribution is 0.293. The quantitative estimate of drug-likeness (QED) is 0.396. The van der Waals surface area contributed by atoms with E-state index >= 15 is 0 Å². The van der Waals surface area contributed by atoms with E-state index in [0.717, 1.165) is 16.8 Å². The van der Waals surface area contributed by atoms with Gasteiger partial charge in [-0.3, -0.25) is 5.84 Å². The number of hydrogen-bond donors (Lipinski definition) is 4. The number of nitrogen functional groups attached to an aromatic ring is 1. The Morgan fingerprint density at radius 2 is 1.86 bits per heavy atom. The van der Waals surface area contributed by atoms with Crippen molar-refractivity contribution in [2.24, 2.45) is 5.84 Å². The normalized spacial score (nSPS) is 10.2. The second-order valence-corrected chi connectivity index (χ2v) is 3.03. The van der Waals surface area contributed by atoms with Crippen LogP contribution in [0.25, 0.3) is 0 Å². The van der Waals surface area contributed by atoms with E-state index in [1.807, 2.05) is 18.2 Å². The molecule has 0 aromatic heterocycles. The van der Waals surface area contributed by atoms with Gasteiger partial charge in [0.25, 0.3) is 0 Å². The van der Waals surface area contributed by atoms with Crippen LogP contribution in [0.15, 0.2) is 18.2 Å². The zero-order chi connectivity index (χ0) is 10.4. The summed E-state index contributed by atoms with van der Waals surface area (Å²) in [5.41, 5.74) is 5.40. The van der Waals surface area contributed by atoms with E-state index in [2.05, 4.69) is 5.43 Å². The van der Waals surface area contributed by atoms with Crippen LogP contribution in [0.3, 0.4) is 0 Å². The largest absolute Gasteiger partial charge is 0.396 e. The Morgan fingerprint density at radius 1 is 1.14 bits per heavy atom. The molecule has 0 bridgehead atoms. The number of nitrogens with two attached hydrogens (primary N) is 1.